The summed E-state index contributed by atoms with van der Waals surface area (Å²) in [6.07, 6.45) is 2.53. The predicted octanol–water partition coefficient (Wildman–Crippen LogP) is 1.43. The van der Waals surface area contributed by atoms with Crippen LogP contribution in [0.15, 0.2) is 36.5 Å². The van der Waals surface area contributed by atoms with Crippen LogP contribution >= 0.6 is 0 Å². The SMILES string of the molecule is C=CC1OCC(C(=C)C)=CC1O. The van der Waals surface area contributed by atoms with Crippen molar-refractivity contribution in [2.75, 3.05) is 6.61 Å². The molecule has 0 amide bonds. The van der Waals surface area contributed by atoms with Gasteiger partial charge in [-0.1, -0.05) is 18.2 Å². The van der Waals surface area contributed by atoms with Gasteiger partial charge in [-0.25, -0.2) is 0 Å². The fourth-order valence-corrected chi connectivity index (χ4v) is 1.11. The molecule has 0 saturated heterocycles. The third-order valence-electron chi connectivity index (χ3n) is 1.92. The van der Waals surface area contributed by atoms with Gasteiger partial charge in [0.2, 0.25) is 0 Å². The summed E-state index contributed by atoms with van der Waals surface area (Å²) < 4.78 is 5.32. The molecule has 0 saturated carbocycles. The van der Waals surface area contributed by atoms with Crippen LogP contribution in [-0.4, -0.2) is 23.9 Å². The monoisotopic (exact) mass is 166 g/mol. The van der Waals surface area contributed by atoms with Crippen molar-refractivity contribution in [3.05, 3.63) is 36.5 Å². The highest BCUT2D eigenvalue weighted by Crippen LogP contribution is 2.18. The lowest BCUT2D eigenvalue weighted by molar-refractivity contribution is 0.0103. The molecule has 1 rings (SSSR count). The molecule has 12 heavy (non-hydrogen) atoms. The summed E-state index contributed by atoms with van der Waals surface area (Å²) in [6.45, 7) is 9.76. The molecular weight excluding hydrogens is 152 g/mol. The fourth-order valence-electron chi connectivity index (χ4n) is 1.11. The van der Waals surface area contributed by atoms with Crippen LogP contribution in [0.3, 0.4) is 0 Å². The smallest absolute Gasteiger partial charge is 0.105 e. The van der Waals surface area contributed by atoms with E-state index < -0.39 is 6.10 Å². The Morgan fingerprint density at radius 2 is 2.50 bits per heavy atom. The lowest BCUT2D eigenvalue weighted by Crippen LogP contribution is -2.30. The summed E-state index contributed by atoms with van der Waals surface area (Å²) in [6, 6.07) is 0. The minimum Gasteiger partial charge on any atom is -0.386 e. The van der Waals surface area contributed by atoms with Crippen molar-refractivity contribution in [2.45, 2.75) is 19.1 Å². The summed E-state index contributed by atoms with van der Waals surface area (Å²) in [5.41, 5.74) is 1.91. The van der Waals surface area contributed by atoms with Crippen molar-refractivity contribution in [1.82, 2.24) is 0 Å². The van der Waals surface area contributed by atoms with Crippen LogP contribution in [0.1, 0.15) is 6.92 Å². The van der Waals surface area contributed by atoms with Crippen molar-refractivity contribution < 1.29 is 9.84 Å². The van der Waals surface area contributed by atoms with E-state index >= 15 is 0 Å². The molecule has 0 aliphatic carbocycles. The Kier molecular flexibility index (Phi) is 2.84. The van der Waals surface area contributed by atoms with Gasteiger partial charge in [0.25, 0.3) is 0 Å². The van der Waals surface area contributed by atoms with Crippen LogP contribution in [0.25, 0.3) is 0 Å². The molecular formula is C10H14O2. The van der Waals surface area contributed by atoms with Gasteiger partial charge in [-0.15, -0.1) is 6.58 Å². The number of aliphatic hydroxyl groups excluding tert-OH is 1. The zero-order valence-corrected chi connectivity index (χ0v) is 7.29. The Morgan fingerprint density at radius 3 is 2.92 bits per heavy atom. The molecule has 1 aliphatic heterocycles. The summed E-state index contributed by atoms with van der Waals surface area (Å²) in [7, 11) is 0. The van der Waals surface area contributed by atoms with Gasteiger partial charge in [-0.2, -0.15) is 0 Å². The second-order valence-corrected chi connectivity index (χ2v) is 2.97. The fraction of sp³-hybridized carbons (Fsp3) is 0.400. The lowest BCUT2D eigenvalue weighted by atomic mass is 10.0. The summed E-state index contributed by atoms with van der Waals surface area (Å²) >= 11 is 0. The molecule has 0 spiro atoms. The van der Waals surface area contributed by atoms with E-state index in [1.54, 1.807) is 12.2 Å². The minimum atomic E-state index is -0.581. The Bertz CT molecular complexity index is 228. The number of ether oxygens (including phenoxy) is 1. The molecule has 2 heteroatoms. The van der Waals surface area contributed by atoms with E-state index in [1.165, 1.54) is 0 Å². The van der Waals surface area contributed by atoms with Gasteiger partial charge in [0.05, 0.1) is 6.61 Å². The molecule has 0 aromatic rings. The second kappa shape index (κ2) is 3.70. The average molecular weight is 166 g/mol. The number of rotatable bonds is 2. The first-order valence-electron chi connectivity index (χ1n) is 3.94. The number of hydrogen-bond acceptors (Lipinski definition) is 2. The molecule has 2 unspecified atom stereocenters. The van der Waals surface area contributed by atoms with Crippen molar-refractivity contribution in [3.8, 4) is 0 Å². The molecule has 0 aromatic carbocycles. The van der Waals surface area contributed by atoms with E-state index in [-0.39, 0.29) is 6.10 Å². The molecule has 2 atom stereocenters. The summed E-state index contributed by atoms with van der Waals surface area (Å²) in [5.74, 6) is 0. The molecule has 0 bridgehead atoms. The highest BCUT2D eigenvalue weighted by molar-refractivity contribution is 5.30. The molecule has 0 radical (unpaired) electrons. The number of hydrogen-bond donors (Lipinski definition) is 1. The summed E-state index contributed by atoms with van der Waals surface area (Å²) in [4.78, 5) is 0. The zero-order chi connectivity index (χ0) is 9.14. The van der Waals surface area contributed by atoms with Crippen molar-refractivity contribution in [2.24, 2.45) is 0 Å². The zero-order valence-electron chi connectivity index (χ0n) is 7.29. The van der Waals surface area contributed by atoms with E-state index in [2.05, 4.69) is 13.2 Å². The van der Waals surface area contributed by atoms with Gasteiger partial charge >= 0.3 is 0 Å². The van der Waals surface area contributed by atoms with Crippen LogP contribution in [0.4, 0.5) is 0 Å². The van der Waals surface area contributed by atoms with Crippen LogP contribution < -0.4 is 0 Å². The Balaban J connectivity index is 2.74. The van der Waals surface area contributed by atoms with Crippen molar-refractivity contribution in [3.63, 3.8) is 0 Å². The standard InChI is InChI=1S/C10H14O2/c1-4-10-9(11)5-8(6-12-10)7(2)3/h4-5,9-11H,1-2,6H2,3H3. The van der Waals surface area contributed by atoms with Crippen LogP contribution in [-0.2, 0) is 4.74 Å². The van der Waals surface area contributed by atoms with E-state index in [1.807, 2.05) is 6.92 Å². The topological polar surface area (TPSA) is 29.5 Å². The van der Waals surface area contributed by atoms with E-state index in [0.29, 0.717) is 6.61 Å². The quantitative estimate of drug-likeness (QED) is 0.629. The first-order valence-corrected chi connectivity index (χ1v) is 3.94. The van der Waals surface area contributed by atoms with E-state index in [0.717, 1.165) is 11.1 Å². The van der Waals surface area contributed by atoms with Crippen molar-refractivity contribution in [1.29, 1.82) is 0 Å². The third-order valence-corrected chi connectivity index (χ3v) is 1.92. The van der Waals surface area contributed by atoms with Gasteiger partial charge in [-0.3, -0.25) is 0 Å². The van der Waals surface area contributed by atoms with Gasteiger partial charge in [0, 0.05) is 0 Å². The van der Waals surface area contributed by atoms with Gasteiger partial charge in [0.15, 0.2) is 0 Å². The predicted molar refractivity (Wildman–Crippen MR) is 48.8 cm³/mol. The molecule has 2 nitrogen and oxygen atoms in total. The Morgan fingerprint density at radius 1 is 1.83 bits per heavy atom. The average Bonchev–Trinajstić information content (AvgIpc) is 2.04. The first-order chi connectivity index (χ1) is 5.65. The highest BCUT2D eigenvalue weighted by atomic mass is 16.5. The van der Waals surface area contributed by atoms with Gasteiger partial charge < -0.3 is 9.84 Å². The molecule has 0 fully saturated rings. The highest BCUT2D eigenvalue weighted by Gasteiger charge is 2.20. The minimum absolute atomic E-state index is 0.270. The normalized spacial score (nSPS) is 29.3. The van der Waals surface area contributed by atoms with Gasteiger partial charge in [0.1, 0.15) is 12.2 Å². The molecule has 1 aliphatic rings. The first kappa shape index (κ1) is 9.23. The van der Waals surface area contributed by atoms with Crippen molar-refractivity contribution >= 4 is 0 Å². The third kappa shape index (κ3) is 1.84. The van der Waals surface area contributed by atoms with E-state index in [9.17, 15) is 5.11 Å². The Hall–Kier alpha value is -0.860. The van der Waals surface area contributed by atoms with Crippen LogP contribution in [0.5, 0.6) is 0 Å². The lowest BCUT2D eigenvalue weighted by Gasteiger charge is -2.24. The summed E-state index contributed by atoms with van der Waals surface area (Å²) in [5, 5.41) is 9.47. The maximum atomic E-state index is 9.47. The van der Waals surface area contributed by atoms with Crippen LogP contribution in [0.2, 0.25) is 0 Å². The largest absolute Gasteiger partial charge is 0.386 e. The van der Waals surface area contributed by atoms with Gasteiger partial charge in [-0.05, 0) is 18.6 Å². The molecule has 1 heterocycles. The van der Waals surface area contributed by atoms with E-state index in [4.69, 9.17) is 4.74 Å². The number of aliphatic hydroxyl groups is 1. The maximum Gasteiger partial charge on any atom is 0.105 e. The molecule has 0 aromatic heterocycles. The Labute approximate surface area is 72.9 Å². The second-order valence-electron chi connectivity index (χ2n) is 2.97. The van der Waals surface area contributed by atoms with Crippen LogP contribution in [0, 0.1) is 0 Å². The molecule has 1 N–H and O–H groups in total. The maximum absolute atomic E-state index is 9.47. The molecule has 66 valence electrons.